The number of aliphatic hydroxyl groups excluding tert-OH is 1. The number of aromatic nitrogens is 3. The van der Waals surface area contributed by atoms with Gasteiger partial charge in [0.25, 0.3) is 0 Å². The molecule has 0 radical (unpaired) electrons. The van der Waals surface area contributed by atoms with Crippen molar-refractivity contribution in [1.29, 1.82) is 0 Å². The molecule has 0 saturated carbocycles. The van der Waals surface area contributed by atoms with Crippen LogP contribution in [0.4, 0.5) is 4.39 Å². The summed E-state index contributed by atoms with van der Waals surface area (Å²) in [5, 5.41) is 14.7. The fraction of sp³-hybridized carbons (Fsp3) is 0.375. The Hall–Kier alpha value is -2.05. The average molecular weight is 305 g/mol. The van der Waals surface area contributed by atoms with E-state index in [0.29, 0.717) is 17.9 Å². The molecule has 0 aliphatic heterocycles. The number of hydrogen-bond donors (Lipinski definition) is 1. The summed E-state index contributed by atoms with van der Waals surface area (Å²) in [5.41, 5.74) is -0.0990. The van der Waals surface area contributed by atoms with Crippen LogP contribution in [0, 0.1) is 5.82 Å². The van der Waals surface area contributed by atoms with Gasteiger partial charge < -0.3 is 9.84 Å². The van der Waals surface area contributed by atoms with E-state index < -0.39 is 11.7 Å². The van der Waals surface area contributed by atoms with Gasteiger partial charge in [0.15, 0.2) is 0 Å². The second-order valence-corrected chi connectivity index (χ2v) is 5.37. The van der Waals surface area contributed by atoms with Crippen LogP contribution in [0.25, 0.3) is 11.8 Å². The van der Waals surface area contributed by atoms with E-state index in [1.807, 2.05) is 6.92 Å². The third kappa shape index (κ3) is 3.58. The smallest absolute Gasteiger partial charge is 0.138 e. The Bertz CT molecular complexity index is 639. The predicted octanol–water partition coefficient (Wildman–Crippen LogP) is 2.59. The molecule has 6 heteroatoms. The summed E-state index contributed by atoms with van der Waals surface area (Å²) in [6.07, 6.45) is 3.36. The van der Waals surface area contributed by atoms with Crippen LogP contribution in [0.3, 0.4) is 0 Å². The van der Waals surface area contributed by atoms with Crippen LogP contribution in [0.5, 0.6) is 0 Å². The molecule has 1 heterocycles. The first kappa shape index (κ1) is 16.3. The van der Waals surface area contributed by atoms with Crippen LogP contribution in [0.1, 0.15) is 26.3 Å². The molecule has 1 atom stereocenters. The summed E-state index contributed by atoms with van der Waals surface area (Å²) in [6.45, 7) is 5.85. The van der Waals surface area contributed by atoms with Crippen LogP contribution in [-0.2, 0) is 4.74 Å². The topological polar surface area (TPSA) is 60.2 Å². The van der Waals surface area contributed by atoms with Gasteiger partial charge >= 0.3 is 0 Å². The van der Waals surface area contributed by atoms with Crippen LogP contribution < -0.4 is 0 Å². The lowest BCUT2D eigenvalue weighted by Crippen LogP contribution is -2.41. The van der Waals surface area contributed by atoms with Crippen molar-refractivity contribution in [3.8, 4) is 0 Å². The van der Waals surface area contributed by atoms with E-state index in [-0.39, 0.29) is 5.82 Å². The first-order valence-corrected chi connectivity index (χ1v) is 7.09. The van der Waals surface area contributed by atoms with Gasteiger partial charge in [-0.2, -0.15) is 5.10 Å². The first-order chi connectivity index (χ1) is 10.5. The summed E-state index contributed by atoms with van der Waals surface area (Å²) < 4.78 is 20.9. The Kier molecular flexibility index (Phi) is 5.05. The molecular weight excluding hydrogens is 285 g/mol. The molecule has 1 aromatic carbocycles. The second kappa shape index (κ2) is 6.81. The average Bonchev–Trinajstić information content (AvgIpc) is 2.99. The Morgan fingerprint density at radius 2 is 2.18 bits per heavy atom. The van der Waals surface area contributed by atoms with Gasteiger partial charge in [-0.3, -0.25) is 0 Å². The lowest BCUT2D eigenvalue weighted by atomic mass is 9.97. The molecule has 2 aromatic rings. The fourth-order valence-corrected chi connectivity index (χ4v) is 2.17. The SMILES string of the molecule is CCOC(C)(C)C(O)/C(=C/c1ccccc1F)n1cncn1. The lowest BCUT2D eigenvalue weighted by molar-refractivity contribution is -0.0753. The van der Waals surface area contributed by atoms with Crippen molar-refractivity contribution < 1.29 is 14.2 Å². The summed E-state index contributed by atoms with van der Waals surface area (Å²) in [6, 6.07) is 6.34. The standard InChI is InChI=1S/C16H20FN3O2/c1-4-22-16(2,3)15(21)14(20-11-18-10-19-20)9-12-7-5-6-8-13(12)17/h5-11,15,21H,4H2,1-3H3/b14-9-. The minimum atomic E-state index is -1.01. The van der Waals surface area contributed by atoms with Gasteiger partial charge in [0, 0.05) is 12.2 Å². The molecule has 1 aromatic heterocycles. The molecule has 118 valence electrons. The highest BCUT2D eigenvalue weighted by molar-refractivity contribution is 5.73. The molecule has 0 fully saturated rings. The Labute approximate surface area is 129 Å². The normalized spacial score (nSPS) is 14.1. The van der Waals surface area contributed by atoms with Gasteiger partial charge in [0.1, 0.15) is 24.6 Å². The third-order valence-corrected chi connectivity index (χ3v) is 3.35. The van der Waals surface area contributed by atoms with Gasteiger partial charge in [-0.05, 0) is 32.9 Å². The zero-order chi connectivity index (χ0) is 16.2. The van der Waals surface area contributed by atoms with E-state index in [2.05, 4.69) is 10.1 Å². The number of hydrogen-bond acceptors (Lipinski definition) is 4. The van der Waals surface area contributed by atoms with Crippen molar-refractivity contribution >= 4 is 11.8 Å². The Morgan fingerprint density at radius 3 is 2.77 bits per heavy atom. The maximum absolute atomic E-state index is 13.9. The summed E-state index contributed by atoms with van der Waals surface area (Å²) in [7, 11) is 0. The van der Waals surface area contributed by atoms with E-state index in [1.165, 1.54) is 23.4 Å². The molecule has 0 saturated heterocycles. The monoisotopic (exact) mass is 305 g/mol. The largest absolute Gasteiger partial charge is 0.384 e. The minimum absolute atomic E-state index is 0.361. The highest BCUT2D eigenvalue weighted by Crippen LogP contribution is 2.26. The minimum Gasteiger partial charge on any atom is -0.384 e. The third-order valence-electron chi connectivity index (χ3n) is 3.35. The lowest BCUT2D eigenvalue weighted by Gasteiger charge is -2.31. The van der Waals surface area contributed by atoms with Crippen molar-refractivity contribution in [2.24, 2.45) is 0 Å². The van der Waals surface area contributed by atoms with Crippen molar-refractivity contribution in [2.75, 3.05) is 6.61 Å². The fourth-order valence-electron chi connectivity index (χ4n) is 2.17. The maximum Gasteiger partial charge on any atom is 0.138 e. The molecule has 1 N–H and O–H groups in total. The molecule has 0 aliphatic rings. The van der Waals surface area contributed by atoms with Crippen molar-refractivity contribution in [1.82, 2.24) is 14.8 Å². The summed E-state index contributed by atoms with van der Waals surface area (Å²) in [4.78, 5) is 3.88. The zero-order valence-corrected chi connectivity index (χ0v) is 12.9. The molecule has 2 rings (SSSR count). The summed E-state index contributed by atoms with van der Waals surface area (Å²) >= 11 is 0. The number of halogens is 1. The second-order valence-electron chi connectivity index (χ2n) is 5.37. The molecular formula is C16H20FN3O2. The molecule has 0 bridgehead atoms. The summed E-state index contributed by atoms with van der Waals surface area (Å²) in [5.74, 6) is -0.374. The van der Waals surface area contributed by atoms with E-state index in [1.54, 1.807) is 38.1 Å². The van der Waals surface area contributed by atoms with Crippen LogP contribution in [-0.4, -0.2) is 38.2 Å². The number of nitrogens with zero attached hydrogens (tertiary/aromatic N) is 3. The van der Waals surface area contributed by atoms with Crippen molar-refractivity contribution in [3.63, 3.8) is 0 Å². The van der Waals surface area contributed by atoms with Crippen LogP contribution in [0.15, 0.2) is 36.9 Å². The quantitative estimate of drug-likeness (QED) is 0.891. The van der Waals surface area contributed by atoms with E-state index in [4.69, 9.17) is 4.74 Å². The van der Waals surface area contributed by atoms with Gasteiger partial charge in [-0.25, -0.2) is 14.1 Å². The van der Waals surface area contributed by atoms with E-state index in [0.717, 1.165) is 0 Å². The molecule has 0 aliphatic carbocycles. The van der Waals surface area contributed by atoms with Gasteiger partial charge in [0.2, 0.25) is 0 Å². The Morgan fingerprint density at radius 1 is 1.45 bits per heavy atom. The predicted molar refractivity (Wildman–Crippen MR) is 82.3 cm³/mol. The highest BCUT2D eigenvalue weighted by atomic mass is 19.1. The van der Waals surface area contributed by atoms with Gasteiger partial charge in [-0.1, -0.05) is 18.2 Å². The van der Waals surface area contributed by atoms with Crippen molar-refractivity contribution in [2.45, 2.75) is 32.5 Å². The number of benzene rings is 1. The number of ether oxygens (including phenoxy) is 1. The van der Waals surface area contributed by atoms with Gasteiger partial charge in [0.05, 0.1) is 11.3 Å². The van der Waals surface area contributed by atoms with Crippen LogP contribution >= 0.6 is 0 Å². The van der Waals surface area contributed by atoms with E-state index >= 15 is 0 Å². The maximum atomic E-state index is 13.9. The first-order valence-electron chi connectivity index (χ1n) is 7.09. The molecule has 22 heavy (non-hydrogen) atoms. The number of rotatable bonds is 6. The highest BCUT2D eigenvalue weighted by Gasteiger charge is 2.32. The number of aliphatic hydroxyl groups is 1. The van der Waals surface area contributed by atoms with E-state index in [9.17, 15) is 9.50 Å². The molecule has 0 spiro atoms. The van der Waals surface area contributed by atoms with Crippen LogP contribution in [0.2, 0.25) is 0 Å². The molecule has 0 amide bonds. The molecule has 5 nitrogen and oxygen atoms in total. The molecule has 1 unspecified atom stereocenters. The van der Waals surface area contributed by atoms with Gasteiger partial charge in [-0.15, -0.1) is 0 Å². The zero-order valence-electron chi connectivity index (χ0n) is 12.9. The van der Waals surface area contributed by atoms with Crippen molar-refractivity contribution in [3.05, 3.63) is 48.3 Å². The Balaban J connectivity index is 2.47.